The predicted octanol–water partition coefficient (Wildman–Crippen LogP) is 5.60. The van der Waals surface area contributed by atoms with Crippen molar-refractivity contribution < 1.29 is 0 Å². The van der Waals surface area contributed by atoms with Crippen molar-refractivity contribution in [3.8, 4) is 0 Å². The summed E-state index contributed by atoms with van der Waals surface area (Å²) in [6.07, 6.45) is 7.95. The third kappa shape index (κ3) is 4.05. The van der Waals surface area contributed by atoms with Crippen LogP contribution in [0.5, 0.6) is 0 Å². The van der Waals surface area contributed by atoms with Gasteiger partial charge in [0.25, 0.3) is 0 Å². The number of hydrogen-bond acceptors (Lipinski definition) is 2. The summed E-state index contributed by atoms with van der Waals surface area (Å²) < 4.78 is 0. The molecule has 24 heavy (non-hydrogen) atoms. The van der Waals surface area contributed by atoms with Gasteiger partial charge in [-0.3, -0.25) is 9.97 Å². The van der Waals surface area contributed by atoms with Gasteiger partial charge in [-0.05, 0) is 72.5 Å². The molecule has 0 saturated heterocycles. The second-order valence-corrected chi connectivity index (χ2v) is 5.75. The molecular weight excluding hydrogens is 292 g/mol. The third-order valence-corrected chi connectivity index (χ3v) is 3.84. The molecule has 3 rings (SSSR count). The highest BCUT2D eigenvalue weighted by molar-refractivity contribution is 5.81. The van der Waals surface area contributed by atoms with Crippen molar-refractivity contribution in [2.24, 2.45) is 0 Å². The van der Waals surface area contributed by atoms with E-state index < -0.39 is 0 Å². The third-order valence-electron chi connectivity index (χ3n) is 3.84. The summed E-state index contributed by atoms with van der Waals surface area (Å²) >= 11 is 0. The van der Waals surface area contributed by atoms with Gasteiger partial charge in [-0.1, -0.05) is 36.4 Å². The minimum atomic E-state index is 1.01. The molecule has 0 spiro atoms. The van der Waals surface area contributed by atoms with Gasteiger partial charge in [-0.25, -0.2) is 0 Å². The lowest BCUT2D eigenvalue weighted by Gasteiger charge is -2.03. The van der Waals surface area contributed by atoms with E-state index in [4.69, 9.17) is 0 Å². The van der Waals surface area contributed by atoms with Gasteiger partial charge >= 0.3 is 0 Å². The Balaban J connectivity index is 1.79. The highest BCUT2D eigenvalue weighted by Gasteiger charge is 1.99. The minimum Gasteiger partial charge on any atom is -0.257 e. The molecule has 2 heterocycles. The summed E-state index contributed by atoms with van der Waals surface area (Å²) in [5.74, 6) is 0. The van der Waals surface area contributed by atoms with Gasteiger partial charge in [0.15, 0.2) is 0 Å². The normalized spacial score (nSPS) is 12.2. The molecule has 0 atom stereocenters. The fourth-order valence-electron chi connectivity index (χ4n) is 2.53. The Hall–Kier alpha value is -3.00. The zero-order valence-corrected chi connectivity index (χ0v) is 14.0. The molecule has 118 valence electrons. The zero-order valence-electron chi connectivity index (χ0n) is 14.0. The molecule has 3 aromatic rings. The highest BCUT2D eigenvalue weighted by atomic mass is 14.7. The molecule has 0 unspecified atom stereocenters. The summed E-state index contributed by atoms with van der Waals surface area (Å²) in [6.45, 7) is 4.17. The summed E-state index contributed by atoms with van der Waals surface area (Å²) in [7, 11) is 0. The molecule has 0 aliphatic rings. The van der Waals surface area contributed by atoms with Crippen LogP contribution in [0.25, 0.3) is 23.3 Å². The second-order valence-electron chi connectivity index (χ2n) is 5.75. The second kappa shape index (κ2) is 7.51. The van der Waals surface area contributed by atoms with Crippen molar-refractivity contribution in [2.75, 3.05) is 0 Å². The number of allylic oxidation sites excluding steroid dienone is 2. The van der Waals surface area contributed by atoms with E-state index >= 15 is 0 Å². The molecule has 0 fully saturated rings. The van der Waals surface area contributed by atoms with Gasteiger partial charge in [0.2, 0.25) is 0 Å². The van der Waals surface area contributed by atoms with Crippen LogP contribution in [0, 0.1) is 0 Å². The van der Waals surface area contributed by atoms with Gasteiger partial charge in [-0.15, -0.1) is 0 Å². The number of pyridine rings is 2. The molecule has 0 N–H and O–H groups in total. The van der Waals surface area contributed by atoms with Crippen molar-refractivity contribution in [1.82, 2.24) is 9.97 Å². The lowest BCUT2D eigenvalue weighted by atomic mass is 10.0. The van der Waals surface area contributed by atoms with Crippen molar-refractivity contribution in [3.05, 3.63) is 95.6 Å². The number of nitrogens with zero attached hydrogens (tertiary/aromatic N) is 2. The van der Waals surface area contributed by atoms with Gasteiger partial charge in [0, 0.05) is 12.4 Å². The van der Waals surface area contributed by atoms with E-state index in [0.29, 0.717) is 0 Å². The highest BCUT2D eigenvalue weighted by Crippen LogP contribution is 2.18. The molecule has 2 nitrogen and oxygen atoms in total. The standard InChI is InChI=1S/C22H20N2/c1-17(21-7-3-5-13-23-21)15-19-9-11-20(12-10-19)16-18(2)22-8-4-6-14-24-22/h3-16H,1-2H3/b17-15-,18-16-. The Kier molecular flexibility index (Phi) is 4.97. The van der Waals surface area contributed by atoms with E-state index in [-0.39, 0.29) is 0 Å². The average Bonchev–Trinajstić information content (AvgIpc) is 2.65. The van der Waals surface area contributed by atoms with Crippen LogP contribution in [-0.4, -0.2) is 9.97 Å². The minimum absolute atomic E-state index is 1.01. The van der Waals surface area contributed by atoms with Crippen LogP contribution in [0.15, 0.2) is 73.1 Å². The summed E-state index contributed by atoms with van der Waals surface area (Å²) in [4.78, 5) is 8.76. The molecular formula is C22H20N2. The summed E-state index contributed by atoms with van der Waals surface area (Å²) in [5.41, 5.74) is 6.67. The molecule has 2 aromatic heterocycles. The maximum absolute atomic E-state index is 4.38. The number of benzene rings is 1. The average molecular weight is 312 g/mol. The zero-order chi connectivity index (χ0) is 16.8. The Labute approximate surface area is 143 Å². The molecule has 0 radical (unpaired) electrons. The molecule has 1 aromatic carbocycles. The molecule has 0 aliphatic carbocycles. The van der Waals surface area contributed by atoms with E-state index in [9.17, 15) is 0 Å². The smallest absolute Gasteiger partial charge is 0.0658 e. The lowest BCUT2D eigenvalue weighted by Crippen LogP contribution is -1.85. The van der Waals surface area contributed by atoms with Crippen molar-refractivity contribution in [1.29, 1.82) is 0 Å². The molecule has 0 bridgehead atoms. The fourth-order valence-corrected chi connectivity index (χ4v) is 2.53. The van der Waals surface area contributed by atoms with Gasteiger partial charge in [0.1, 0.15) is 0 Å². The van der Waals surface area contributed by atoms with E-state index in [1.165, 1.54) is 11.1 Å². The van der Waals surface area contributed by atoms with Crippen molar-refractivity contribution >= 4 is 23.3 Å². The van der Waals surface area contributed by atoms with Gasteiger partial charge in [0.05, 0.1) is 11.4 Å². The Morgan fingerprint density at radius 3 is 1.38 bits per heavy atom. The first-order valence-electron chi connectivity index (χ1n) is 8.02. The quantitative estimate of drug-likeness (QED) is 0.627. The predicted molar refractivity (Wildman–Crippen MR) is 102 cm³/mol. The van der Waals surface area contributed by atoms with Crippen LogP contribution in [0.2, 0.25) is 0 Å². The maximum atomic E-state index is 4.38. The fraction of sp³-hybridized carbons (Fsp3) is 0.0909. The summed E-state index contributed by atoms with van der Waals surface area (Å²) in [5, 5.41) is 0. The van der Waals surface area contributed by atoms with E-state index in [2.05, 4.69) is 60.2 Å². The van der Waals surface area contributed by atoms with E-state index in [0.717, 1.165) is 22.5 Å². The van der Waals surface area contributed by atoms with Gasteiger partial charge < -0.3 is 0 Å². The van der Waals surface area contributed by atoms with E-state index in [1.54, 1.807) is 0 Å². The molecule has 0 saturated carbocycles. The number of aromatic nitrogens is 2. The van der Waals surface area contributed by atoms with Gasteiger partial charge in [-0.2, -0.15) is 0 Å². The van der Waals surface area contributed by atoms with Crippen LogP contribution >= 0.6 is 0 Å². The van der Waals surface area contributed by atoms with Crippen LogP contribution < -0.4 is 0 Å². The Bertz CT molecular complexity index is 771. The lowest BCUT2D eigenvalue weighted by molar-refractivity contribution is 1.27. The monoisotopic (exact) mass is 312 g/mol. The Morgan fingerprint density at radius 1 is 0.625 bits per heavy atom. The van der Waals surface area contributed by atoms with Crippen molar-refractivity contribution in [2.45, 2.75) is 13.8 Å². The summed E-state index contributed by atoms with van der Waals surface area (Å²) in [6, 6.07) is 20.5. The first-order chi connectivity index (χ1) is 11.7. The van der Waals surface area contributed by atoms with Crippen LogP contribution in [-0.2, 0) is 0 Å². The SMILES string of the molecule is C/C(=C/c1ccc(/C=C(/C)c2ccccn2)cc1)c1ccccn1. The first kappa shape index (κ1) is 15.9. The van der Waals surface area contributed by atoms with Crippen LogP contribution in [0.4, 0.5) is 0 Å². The van der Waals surface area contributed by atoms with Crippen LogP contribution in [0.1, 0.15) is 36.4 Å². The Morgan fingerprint density at radius 2 is 1.04 bits per heavy atom. The largest absolute Gasteiger partial charge is 0.257 e. The topological polar surface area (TPSA) is 25.8 Å². The first-order valence-corrected chi connectivity index (χ1v) is 8.02. The molecule has 0 amide bonds. The molecule has 2 heteroatoms. The maximum Gasteiger partial charge on any atom is 0.0658 e. The van der Waals surface area contributed by atoms with Crippen molar-refractivity contribution in [3.63, 3.8) is 0 Å². The van der Waals surface area contributed by atoms with Crippen LogP contribution in [0.3, 0.4) is 0 Å². The number of hydrogen-bond donors (Lipinski definition) is 0. The molecule has 0 aliphatic heterocycles. The number of rotatable bonds is 4. The van der Waals surface area contributed by atoms with E-state index in [1.807, 2.05) is 48.8 Å².